The van der Waals surface area contributed by atoms with Gasteiger partial charge in [-0.05, 0) is 54.7 Å². The minimum atomic E-state index is -2.61. The maximum Gasteiger partial charge on any atom is 0.131 e. The molecule has 3 aromatic rings. The third-order valence-electron chi connectivity index (χ3n) is 3.25. The molecular weight excluding hydrogens is 261 g/mol. The largest absolute Gasteiger partial charge is 0.256 e. The summed E-state index contributed by atoms with van der Waals surface area (Å²) in [4.78, 5) is 4.12. The molecule has 21 heavy (non-hydrogen) atoms. The van der Waals surface area contributed by atoms with E-state index in [1.807, 2.05) is 6.07 Å². The minimum absolute atomic E-state index is 0.270. The predicted molar refractivity (Wildman–Crippen MR) is 84.5 cm³/mol. The number of benzene rings is 2. The van der Waals surface area contributed by atoms with Crippen molar-refractivity contribution < 1.29 is 12.6 Å². The average molecular weight is 283 g/mol. The molecule has 0 fully saturated rings. The highest BCUT2D eigenvalue weighted by molar-refractivity contribution is 5.72. The summed E-state index contributed by atoms with van der Waals surface area (Å²) < 4.78 is 59.9. The van der Waals surface area contributed by atoms with Crippen LogP contribution in [-0.4, -0.2) is 4.98 Å². The Morgan fingerprint density at radius 2 is 1.71 bits per heavy atom. The van der Waals surface area contributed by atoms with Gasteiger partial charge >= 0.3 is 0 Å². The van der Waals surface area contributed by atoms with Crippen molar-refractivity contribution in [1.29, 1.82) is 0 Å². The van der Waals surface area contributed by atoms with E-state index in [4.69, 9.17) is 8.22 Å². The summed E-state index contributed by atoms with van der Waals surface area (Å²) in [5.41, 5.74) is 1.20. The average Bonchev–Trinajstić information content (AvgIpc) is 2.61. The molecule has 0 saturated heterocycles. The number of halogens is 1. The number of pyridine rings is 1. The van der Waals surface area contributed by atoms with Crippen LogP contribution in [0.2, 0.25) is 0 Å². The molecule has 1 heterocycles. The van der Waals surface area contributed by atoms with E-state index in [1.165, 1.54) is 18.2 Å². The Morgan fingerprint density at radius 1 is 0.905 bits per heavy atom. The lowest BCUT2D eigenvalue weighted by Crippen LogP contribution is -1.91. The van der Waals surface area contributed by atoms with E-state index in [2.05, 4.69) is 4.98 Å². The van der Waals surface area contributed by atoms with Gasteiger partial charge in [0.1, 0.15) is 5.82 Å². The predicted octanol–water partition coefficient (Wildman–Crippen LogP) is 5.17. The van der Waals surface area contributed by atoms with E-state index >= 15 is 0 Å². The molecule has 104 valence electrons. The maximum absolute atomic E-state index is 14.3. The van der Waals surface area contributed by atoms with E-state index in [0.717, 1.165) is 6.20 Å². The van der Waals surface area contributed by atoms with Gasteiger partial charge in [0.05, 0.1) is 5.69 Å². The van der Waals surface area contributed by atoms with Gasteiger partial charge in [0.15, 0.2) is 0 Å². The Kier molecular flexibility index (Phi) is 2.11. The zero-order chi connectivity index (χ0) is 19.8. The van der Waals surface area contributed by atoms with E-state index in [0.29, 0.717) is 16.7 Å². The fraction of sp³-hybridized carbons (Fsp3) is 0.105. The Morgan fingerprint density at radius 3 is 2.48 bits per heavy atom. The molecule has 0 atom stereocenters. The lowest BCUT2D eigenvalue weighted by Gasteiger charge is -2.08. The fourth-order valence-corrected chi connectivity index (χ4v) is 2.14. The summed E-state index contributed by atoms with van der Waals surface area (Å²) in [6.07, 6.45) is 1.07. The van der Waals surface area contributed by atoms with Gasteiger partial charge in [-0.1, -0.05) is 30.3 Å². The molecule has 0 saturated carbocycles. The van der Waals surface area contributed by atoms with Gasteiger partial charge in [0.2, 0.25) is 0 Å². The van der Waals surface area contributed by atoms with Gasteiger partial charge < -0.3 is 0 Å². The van der Waals surface area contributed by atoms with Crippen LogP contribution in [0.1, 0.15) is 19.4 Å². The zero-order valence-electron chi connectivity index (χ0n) is 17.1. The van der Waals surface area contributed by atoms with Crippen molar-refractivity contribution in [2.45, 2.75) is 13.7 Å². The van der Waals surface area contributed by atoms with E-state index in [1.54, 1.807) is 30.3 Å². The van der Waals surface area contributed by atoms with E-state index in [9.17, 15) is 4.39 Å². The van der Waals surface area contributed by atoms with Crippen LogP contribution in [0, 0.1) is 19.5 Å². The summed E-state index contributed by atoms with van der Waals surface area (Å²) in [5, 5.41) is 0. The summed E-state index contributed by atoms with van der Waals surface area (Å²) in [6.45, 7) is -5.20. The minimum Gasteiger partial charge on any atom is -0.256 e. The SMILES string of the molecule is [2H]C([2H])([2H])c1cnc(-c2ccc(F)c(-c3ccccc3)c2)cc1C([2H])([2H])[2H]. The van der Waals surface area contributed by atoms with Gasteiger partial charge in [-0.25, -0.2) is 4.39 Å². The topological polar surface area (TPSA) is 12.9 Å². The lowest BCUT2D eigenvalue weighted by atomic mass is 10.00. The van der Waals surface area contributed by atoms with Crippen molar-refractivity contribution in [3.8, 4) is 22.4 Å². The number of aryl methyl sites for hydroxylation is 2. The summed E-state index contributed by atoms with van der Waals surface area (Å²) >= 11 is 0. The van der Waals surface area contributed by atoms with Crippen LogP contribution in [0.15, 0.2) is 60.8 Å². The second-order valence-electron chi connectivity index (χ2n) is 4.68. The third kappa shape index (κ3) is 2.70. The standard InChI is InChI=1S/C19H16FN/c1-13-10-19(21-12-14(13)2)16-8-9-18(20)17(11-16)15-6-4-3-5-7-15/h3-12H,1-2H3/i1D3,2D3. The molecule has 0 N–H and O–H groups in total. The smallest absolute Gasteiger partial charge is 0.131 e. The Balaban J connectivity index is 2.15. The van der Waals surface area contributed by atoms with Gasteiger partial charge in [0, 0.05) is 25.5 Å². The maximum atomic E-state index is 14.3. The molecule has 0 bridgehead atoms. The molecule has 0 aliphatic carbocycles. The van der Waals surface area contributed by atoms with Crippen LogP contribution in [-0.2, 0) is 0 Å². The highest BCUT2D eigenvalue weighted by Crippen LogP contribution is 2.28. The molecule has 0 radical (unpaired) electrons. The molecule has 0 unspecified atom stereocenters. The quantitative estimate of drug-likeness (QED) is 0.632. The molecular formula is C19H16FN. The van der Waals surface area contributed by atoms with Gasteiger partial charge in [0.25, 0.3) is 0 Å². The number of rotatable bonds is 2. The molecule has 3 rings (SSSR count). The van der Waals surface area contributed by atoms with Crippen LogP contribution in [0.25, 0.3) is 22.4 Å². The fourth-order valence-electron chi connectivity index (χ4n) is 2.14. The van der Waals surface area contributed by atoms with Crippen molar-refractivity contribution >= 4 is 0 Å². The summed E-state index contributed by atoms with van der Waals surface area (Å²) in [5.74, 6) is -0.417. The molecule has 0 spiro atoms. The first-order chi connectivity index (χ1) is 12.6. The molecule has 2 heteroatoms. The van der Waals surface area contributed by atoms with Gasteiger partial charge in [-0.15, -0.1) is 0 Å². The summed E-state index contributed by atoms with van der Waals surface area (Å²) in [7, 11) is 0. The number of nitrogens with zero attached hydrogens (tertiary/aromatic N) is 1. The number of aromatic nitrogens is 1. The first kappa shape index (κ1) is 8.08. The molecule has 0 amide bonds. The van der Waals surface area contributed by atoms with Crippen LogP contribution in [0.4, 0.5) is 4.39 Å². The van der Waals surface area contributed by atoms with Crippen LogP contribution in [0.5, 0.6) is 0 Å². The normalized spacial score (nSPS) is 16.0. The molecule has 1 nitrogen and oxygen atoms in total. The zero-order valence-corrected chi connectivity index (χ0v) is 11.1. The highest BCUT2D eigenvalue weighted by atomic mass is 19.1. The van der Waals surface area contributed by atoms with Gasteiger partial charge in [-0.2, -0.15) is 0 Å². The van der Waals surface area contributed by atoms with Crippen molar-refractivity contribution in [3.05, 3.63) is 77.7 Å². The number of hydrogen-bond donors (Lipinski definition) is 0. The Hall–Kier alpha value is -2.48. The monoisotopic (exact) mass is 283 g/mol. The Bertz CT molecular complexity index is 964. The molecule has 1 aromatic heterocycles. The first-order valence-electron chi connectivity index (χ1n) is 9.44. The van der Waals surface area contributed by atoms with Crippen molar-refractivity contribution in [1.82, 2.24) is 4.98 Å². The van der Waals surface area contributed by atoms with Crippen LogP contribution in [0.3, 0.4) is 0 Å². The van der Waals surface area contributed by atoms with Crippen molar-refractivity contribution in [2.24, 2.45) is 0 Å². The van der Waals surface area contributed by atoms with Crippen molar-refractivity contribution in [2.75, 3.05) is 0 Å². The van der Waals surface area contributed by atoms with Crippen LogP contribution >= 0.6 is 0 Å². The molecule has 0 aliphatic rings. The van der Waals surface area contributed by atoms with E-state index in [-0.39, 0.29) is 16.8 Å². The van der Waals surface area contributed by atoms with Crippen molar-refractivity contribution in [3.63, 3.8) is 0 Å². The van der Waals surface area contributed by atoms with Crippen LogP contribution < -0.4 is 0 Å². The third-order valence-corrected chi connectivity index (χ3v) is 3.25. The first-order valence-corrected chi connectivity index (χ1v) is 6.44. The highest BCUT2D eigenvalue weighted by Gasteiger charge is 2.08. The summed E-state index contributed by atoms with van der Waals surface area (Å²) in [6, 6.07) is 14.5. The number of hydrogen-bond acceptors (Lipinski definition) is 1. The molecule has 0 aliphatic heterocycles. The second-order valence-corrected chi connectivity index (χ2v) is 4.68. The van der Waals surface area contributed by atoms with Gasteiger partial charge in [-0.3, -0.25) is 4.98 Å². The molecule has 2 aromatic carbocycles. The second kappa shape index (κ2) is 5.49. The van der Waals surface area contributed by atoms with E-state index < -0.39 is 19.5 Å². The lowest BCUT2D eigenvalue weighted by molar-refractivity contribution is 0.631. The Labute approximate surface area is 132 Å².